The van der Waals surface area contributed by atoms with Gasteiger partial charge in [0.1, 0.15) is 0 Å². The highest BCUT2D eigenvalue weighted by Gasteiger charge is 2.04. The summed E-state index contributed by atoms with van der Waals surface area (Å²) in [4.78, 5) is 6.00. The molecule has 0 bridgehead atoms. The Bertz CT molecular complexity index is 450. The SMILES string of the molecule is [C-]#[N+]CCSc1ccc(-c2cccs2)s1. The van der Waals surface area contributed by atoms with Gasteiger partial charge in [0.15, 0.2) is 0 Å². The van der Waals surface area contributed by atoms with E-state index < -0.39 is 0 Å². The van der Waals surface area contributed by atoms with Crippen LogP contribution in [-0.4, -0.2) is 12.3 Å². The quantitative estimate of drug-likeness (QED) is 0.440. The van der Waals surface area contributed by atoms with Crippen molar-refractivity contribution < 1.29 is 0 Å². The fourth-order valence-electron chi connectivity index (χ4n) is 1.14. The second-order valence-corrected chi connectivity index (χ2v) is 6.25. The van der Waals surface area contributed by atoms with Crippen LogP contribution in [0.5, 0.6) is 0 Å². The predicted octanol–water partition coefficient (Wildman–Crippen LogP) is 4.49. The lowest BCUT2D eigenvalue weighted by Gasteiger charge is -1.90. The second-order valence-electron chi connectivity index (χ2n) is 2.83. The standard InChI is InChI=1S/C11H9NS3/c1-12-6-8-14-11-5-4-10(15-11)9-3-2-7-13-9/h2-5,7H,6,8H2. The van der Waals surface area contributed by atoms with Gasteiger partial charge in [0.2, 0.25) is 6.54 Å². The number of hydrogen-bond donors (Lipinski definition) is 0. The van der Waals surface area contributed by atoms with Crippen LogP contribution in [0.3, 0.4) is 0 Å². The third-order valence-electron chi connectivity index (χ3n) is 1.79. The van der Waals surface area contributed by atoms with Crippen LogP contribution < -0.4 is 0 Å². The predicted molar refractivity (Wildman–Crippen MR) is 69.8 cm³/mol. The van der Waals surface area contributed by atoms with Crippen molar-refractivity contribution in [3.05, 3.63) is 41.1 Å². The summed E-state index contributed by atoms with van der Waals surface area (Å²) in [6.45, 7) is 7.31. The van der Waals surface area contributed by atoms with Crippen LogP contribution in [0.25, 0.3) is 14.6 Å². The molecule has 76 valence electrons. The Kier molecular flexibility index (Phi) is 3.84. The van der Waals surface area contributed by atoms with Crippen LogP contribution >= 0.6 is 34.4 Å². The molecule has 4 heteroatoms. The van der Waals surface area contributed by atoms with Crippen molar-refractivity contribution in [2.24, 2.45) is 0 Å². The third-order valence-corrected chi connectivity index (χ3v) is 5.15. The summed E-state index contributed by atoms with van der Waals surface area (Å²) in [5.74, 6) is 0.897. The van der Waals surface area contributed by atoms with Gasteiger partial charge < -0.3 is 4.85 Å². The zero-order valence-corrected chi connectivity index (χ0v) is 10.4. The molecule has 2 rings (SSSR count). The maximum absolute atomic E-state index is 6.70. The zero-order valence-electron chi connectivity index (χ0n) is 7.97. The summed E-state index contributed by atoms with van der Waals surface area (Å²) in [5.41, 5.74) is 0. The maximum atomic E-state index is 6.70. The van der Waals surface area contributed by atoms with E-state index in [1.165, 1.54) is 14.0 Å². The monoisotopic (exact) mass is 251 g/mol. The Morgan fingerprint density at radius 2 is 2.20 bits per heavy atom. The average molecular weight is 251 g/mol. The minimum absolute atomic E-state index is 0.608. The largest absolute Gasteiger partial charge is 0.316 e. The molecule has 0 N–H and O–H groups in total. The first-order valence-electron chi connectivity index (χ1n) is 4.50. The van der Waals surface area contributed by atoms with E-state index >= 15 is 0 Å². The Balaban J connectivity index is 2.02. The van der Waals surface area contributed by atoms with Gasteiger partial charge in [0, 0.05) is 9.75 Å². The number of hydrogen-bond acceptors (Lipinski definition) is 3. The third kappa shape index (κ3) is 2.85. The van der Waals surface area contributed by atoms with Gasteiger partial charge >= 0.3 is 0 Å². The highest BCUT2D eigenvalue weighted by atomic mass is 32.2. The molecular weight excluding hydrogens is 242 g/mol. The summed E-state index contributed by atoms with van der Waals surface area (Å²) in [7, 11) is 0. The van der Waals surface area contributed by atoms with Gasteiger partial charge in [-0.3, -0.25) is 0 Å². The van der Waals surface area contributed by atoms with Gasteiger partial charge in [-0.1, -0.05) is 6.07 Å². The van der Waals surface area contributed by atoms with Gasteiger partial charge in [-0.2, -0.15) is 0 Å². The van der Waals surface area contributed by atoms with Crippen LogP contribution in [0.1, 0.15) is 0 Å². The molecule has 0 aliphatic heterocycles. The molecule has 2 aromatic rings. The molecule has 0 amide bonds. The average Bonchev–Trinajstić information content (AvgIpc) is 2.87. The first kappa shape index (κ1) is 10.7. The van der Waals surface area contributed by atoms with E-state index in [0.717, 1.165) is 5.75 Å². The molecule has 2 heterocycles. The summed E-state index contributed by atoms with van der Waals surface area (Å²) in [6.07, 6.45) is 0. The molecule has 1 nitrogen and oxygen atoms in total. The number of thioether (sulfide) groups is 1. The van der Waals surface area contributed by atoms with Crippen molar-refractivity contribution >= 4 is 34.4 Å². The lowest BCUT2D eigenvalue weighted by atomic mass is 10.4. The molecule has 0 radical (unpaired) electrons. The molecule has 0 aromatic carbocycles. The fraction of sp³-hybridized carbons (Fsp3) is 0.182. The normalized spacial score (nSPS) is 10.1. The van der Waals surface area contributed by atoms with Crippen molar-refractivity contribution in [2.75, 3.05) is 12.3 Å². The van der Waals surface area contributed by atoms with Crippen molar-refractivity contribution in [1.82, 2.24) is 0 Å². The molecule has 0 unspecified atom stereocenters. The van der Waals surface area contributed by atoms with E-state index in [1.54, 1.807) is 23.1 Å². The molecular formula is C11H9NS3. The topological polar surface area (TPSA) is 4.36 Å². The van der Waals surface area contributed by atoms with E-state index in [9.17, 15) is 0 Å². The van der Waals surface area contributed by atoms with Crippen LogP contribution in [0.4, 0.5) is 0 Å². The number of rotatable bonds is 4. The summed E-state index contributed by atoms with van der Waals surface area (Å²) >= 11 is 5.35. The summed E-state index contributed by atoms with van der Waals surface area (Å²) in [6, 6.07) is 8.53. The zero-order chi connectivity index (χ0) is 10.5. The van der Waals surface area contributed by atoms with Crippen molar-refractivity contribution in [3.8, 4) is 9.75 Å². The maximum Gasteiger partial charge on any atom is 0.224 e. The number of nitrogens with zero attached hydrogens (tertiary/aromatic N) is 1. The molecule has 0 fully saturated rings. The Labute approximate surface area is 102 Å². The minimum atomic E-state index is 0.608. The van der Waals surface area contributed by atoms with Crippen LogP contribution in [0.15, 0.2) is 33.9 Å². The molecule has 0 saturated heterocycles. The first-order chi connectivity index (χ1) is 7.40. The highest BCUT2D eigenvalue weighted by molar-refractivity contribution is 8.01. The van der Waals surface area contributed by atoms with Crippen molar-refractivity contribution in [2.45, 2.75) is 4.21 Å². The lowest BCUT2D eigenvalue weighted by molar-refractivity contribution is 1.36. The minimum Gasteiger partial charge on any atom is -0.316 e. The molecule has 0 spiro atoms. The van der Waals surface area contributed by atoms with Crippen molar-refractivity contribution in [3.63, 3.8) is 0 Å². The molecule has 0 saturated carbocycles. The Morgan fingerprint density at radius 3 is 2.93 bits per heavy atom. The smallest absolute Gasteiger partial charge is 0.224 e. The van der Waals surface area contributed by atoms with Gasteiger partial charge in [-0.25, -0.2) is 6.57 Å². The van der Waals surface area contributed by atoms with E-state index in [1.807, 2.05) is 11.3 Å². The van der Waals surface area contributed by atoms with Crippen molar-refractivity contribution in [1.29, 1.82) is 0 Å². The second kappa shape index (κ2) is 5.36. The van der Waals surface area contributed by atoms with Gasteiger partial charge in [0.05, 0.1) is 9.96 Å². The lowest BCUT2D eigenvalue weighted by Crippen LogP contribution is -1.78. The van der Waals surface area contributed by atoms with E-state index in [2.05, 4.69) is 34.5 Å². The van der Waals surface area contributed by atoms with Crippen LogP contribution in [0.2, 0.25) is 0 Å². The fourth-order valence-corrected chi connectivity index (χ4v) is 4.02. The molecule has 15 heavy (non-hydrogen) atoms. The number of thiophene rings is 2. The molecule has 0 atom stereocenters. The van der Waals surface area contributed by atoms with E-state index in [0.29, 0.717) is 6.54 Å². The Hall–Kier alpha value is -0.760. The summed E-state index contributed by atoms with van der Waals surface area (Å²) < 4.78 is 1.31. The van der Waals surface area contributed by atoms with Gasteiger partial charge in [0.25, 0.3) is 0 Å². The van der Waals surface area contributed by atoms with E-state index in [4.69, 9.17) is 6.57 Å². The van der Waals surface area contributed by atoms with Crippen LogP contribution in [-0.2, 0) is 0 Å². The summed E-state index contributed by atoms with van der Waals surface area (Å²) in [5, 5.41) is 2.10. The van der Waals surface area contributed by atoms with Gasteiger partial charge in [-0.05, 0) is 23.6 Å². The molecule has 0 aliphatic rings. The van der Waals surface area contributed by atoms with Crippen LogP contribution in [0, 0.1) is 6.57 Å². The first-order valence-corrected chi connectivity index (χ1v) is 7.18. The van der Waals surface area contributed by atoms with Gasteiger partial charge in [-0.15, -0.1) is 34.4 Å². The molecule has 2 aromatic heterocycles. The molecule has 0 aliphatic carbocycles. The Morgan fingerprint density at radius 1 is 1.27 bits per heavy atom. The highest BCUT2D eigenvalue weighted by Crippen LogP contribution is 2.35. The van der Waals surface area contributed by atoms with E-state index in [-0.39, 0.29) is 0 Å².